The van der Waals surface area contributed by atoms with Crippen molar-refractivity contribution in [2.75, 3.05) is 157 Å². The van der Waals surface area contributed by atoms with E-state index in [1.807, 2.05) is 16.7 Å². The van der Waals surface area contributed by atoms with Crippen molar-refractivity contribution < 1.29 is 75.1 Å². The van der Waals surface area contributed by atoms with Crippen LogP contribution in [0.4, 0.5) is 14.4 Å². The first-order chi connectivity index (χ1) is 36.8. The van der Waals surface area contributed by atoms with E-state index in [9.17, 15) is 43.2 Å². The van der Waals surface area contributed by atoms with Crippen molar-refractivity contribution in [2.45, 2.75) is 73.5 Å². The van der Waals surface area contributed by atoms with Gasteiger partial charge < -0.3 is 48.9 Å². The van der Waals surface area contributed by atoms with Crippen LogP contribution >= 0.6 is 11.6 Å². The van der Waals surface area contributed by atoms with Crippen molar-refractivity contribution in [2.24, 2.45) is 0 Å². The molecule has 3 aliphatic heterocycles. The number of ether oxygens (including phenoxy) is 3. The van der Waals surface area contributed by atoms with Crippen molar-refractivity contribution >= 4 is 65.3 Å². The number of hydrogen-bond acceptors (Lipinski definition) is 18. The van der Waals surface area contributed by atoms with E-state index in [4.69, 9.17) is 60.0 Å². The van der Waals surface area contributed by atoms with Crippen LogP contribution in [0.25, 0.3) is 0 Å². The molecule has 0 aromatic rings. The lowest BCUT2D eigenvalue weighted by Crippen LogP contribution is -2.52. The zero-order chi connectivity index (χ0) is 59.3. The van der Waals surface area contributed by atoms with E-state index in [1.165, 1.54) is 20.2 Å². The van der Waals surface area contributed by atoms with Crippen LogP contribution in [-0.2, 0) is 52.7 Å². The van der Waals surface area contributed by atoms with Crippen molar-refractivity contribution in [3.05, 3.63) is 0 Å². The molecule has 3 aliphatic rings. The Morgan fingerprint density at radius 1 is 0.538 bits per heavy atom. The number of alkyl halides is 1. The minimum Gasteiger partial charge on any atom is -0.450 e. The average molecular weight is 1130 g/mol. The fourth-order valence-corrected chi connectivity index (χ4v) is 6.57. The lowest BCUT2D eigenvalue weighted by molar-refractivity contribution is -0.150. The molecular formula is C50H87ClN12O15. The maximum Gasteiger partial charge on any atom is 0.409 e. The molecule has 0 bridgehead atoms. The highest BCUT2D eigenvalue weighted by Gasteiger charge is 2.28. The number of nitrogens with one attached hydrogen (secondary N) is 4. The molecule has 444 valence electrons. The second kappa shape index (κ2) is 39.7. The van der Waals surface area contributed by atoms with Gasteiger partial charge in [0.2, 0.25) is 17.7 Å². The lowest BCUT2D eigenvalue weighted by atomic mass is 10.2. The summed E-state index contributed by atoms with van der Waals surface area (Å²) in [4.78, 5) is 128. The fraction of sp³-hybridized carbons (Fsp3) is 0.700. The zero-order valence-corrected chi connectivity index (χ0v) is 47.6. The van der Waals surface area contributed by atoms with E-state index >= 15 is 0 Å². The Bertz CT molecular complexity index is 2030. The summed E-state index contributed by atoms with van der Waals surface area (Å²) in [5.41, 5.74) is 5.01. The third-order valence-electron chi connectivity index (χ3n) is 10.2. The number of amides is 9. The summed E-state index contributed by atoms with van der Waals surface area (Å²) in [6, 6.07) is 0. The molecule has 0 aromatic heterocycles. The smallest absolute Gasteiger partial charge is 0.409 e. The number of carbonyl (C=O) groups is 9. The number of piperazine rings is 3. The van der Waals surface area contributed by atoms with E-state index in [2.05, 4.69) is 34.0 Å². The van der Waals surface area contributed by atoms with Crippen LogP contribution in [0.2, 0.25) is 0 Å². The van der Waals surface area contributed by atoms with Crippen LogP contribution in [0.1, 0.15) is 65.2 Å². The summed E-state index contributed by atoms with van der Waals surface area (Å²) in [6.07, 6.45) is 14.7. The van der Waals surface area contributed by atoms with Gasteiger partial charge in [0.05, 0.1) is 63.7 Å². The molecule has 78 heavy (non-hydrogen) atoms. The second-order valence-electron chi connectivity index (χ2n) is 18.9. The van der Waals surface area contributed by atoms with E-state index in [0.717, 1.165) is 26.2 Å². The Kier molecular flexibility index (Phi) is 36.3. The molecule has 5 N–H and O–H groups in total. The van der Waals surface area contributed by atoms with Crippen molar-refractivity contribution in [3.63, 3.8) is 0 Å². The van der Waals surface area contributed by atoms with Gasteiger partial charge in [-0.15, -0.1) is 30.9 Å². The number of nitrogens with zero attached hydrogens (tertiary/aromatic N) is 8. The SMILES string of the molecule is C#CCN(CC(=O)NO)C(=O)CN1CCN(C(=O)OCC)CC1.C#CCN(CC(=O)NOC(C)(C)C)C(=O)CCl.C#CCN(CC(=O)NOC(C)(C)C)C(=O)CN1CCN(C(=O)OCC)CC1.CCOC(=O)N1CCNCC1.[HH].[HH]. The number of carbonyl (C=O) groups excluding carboxylic acids is 9. The van der Waals surface area contributed by atoms with Crippen LogP contribution < -0.4 is 21.8 Å². The molecule has 0 unspecified atom stereocenters. The van der Waals surface area contributed by atoms with E-state index in [0.29, 0.717) is 72.2 Å². The normalized spacial score (nSPS) is 14.4. The van der Waals surface area contributed by atoms with E-state index in [1.54, 1.807) is 70.1 Å². The maximum atomic E-state index is 12.5. The molecule has 0 spiro atoms. The topological polar surface area (TPSA) is 294 Å². The minimum absolute atomic E-state index is 0. The molecule has 3 heterocycles. The van der Waals surface area contributed by atoms with Gasteiger partial charge in [0.1, 0.15) is 25.5 Å². The number of halogens is 1. The molecule has 9 amide bonds. The van der Waals surface area contributed by atoms with Crippen LogP contribution in [-0.4, -0.2) is 266 Å². The minimum atomic E-state index is -0.708. The number of terminal acetylenes is 3. The molecule has 0 radical (unpaired) electrons. The Balaban J connectivity index is -0.00000102. The molecule has 3 rings (SSSR count). The second-order valence-corrected chi connectivity index (χ2v) is 19.1. The third kappa shape index (κ3) is 32.8. The lowest BCUT2D eigenvalue weighted by Gasteiger charge is -2.34. The summed E-state index contributed by atoms with van der Waals surface area (Å²) in [5.74, 6) is 4.23. The predicted molar refractivity (Wildman–Crippen MR) is 291 cm³/mol. The monoisotopic (exact) mass is 1130 g/mol. The highest BCUT2D eigenvalue weighted by atomic mass is 35.5. The molecular weight excluding hydrogens is 1040 g/mol. The highest BCUT2D eigenvalue weighted by Crippen LogP contribution is 2.08. The largest absolute Gasteiger partial charge is 0.450 e. The highest BCUT2D eigenvalue weighted by molar-refractivity contribution is 6.27. The van der Waals surface area contributed by atoms with Crippen LogP contribution in [0.5, 0.6) is 0 Å². The van der Waals surface area contributed by atoms with Gasteiger partial charge in [-0.25, -0.2) is 30.8 Å². The summed E-state index contributed by atoms with van der Waals surface area (Å²) in [5, 5.41) is 11.7. The fourth-order valence-electron chi connectivity index (χ4n) is 6.40. The molecule has 28 heteroatoms. The van der Waals surface area contributed by atoms with E-state index in [-0.39, 0.29) is 91.2 Å². The van der Waals surface area contributed by atoms with Crippen molar-refractivity contribution in [1.29, 1.82) is 0 Å². The standard InChI is InChI=1S/C18H30N4O5.C14H22N4O5.C11H17ClN2O3.C7H14N2O2.2H2/c1-6-8-22(13-15(23)19-27-18(3,4)5)16(24)14-20-9-11-21(12-10-20)17(25)26-7-2;1-3-5-18(10-12(19)15-22)13(20)11-16-6-8-17(9-7-16)14(21)23-4-2;1-5-6-14(10(16)7-12)8-9(15)13-17-11(2,3)4;1-2-11-7(10)9-5-3-8-4-6-9;;/h1H,7-14H2,2-5H3,(H,19,23);1,22H,4-11H2,2H3,(H,15,19);1H,6-8H2,2-4H3,(H,13,15);8H,2-6H2,1H3;2*1H. The van der Waals surface area contributed by atoms with Crippen molar-refractivity contribution in [1.82, 2.24) is 61.0 Å². The van der Waals surface area contributed by atoms with Gasteiger partial charge in [0, 0.05) is 81.4 Å². The molecule has 0 saturated carbocycles. The van der Waals surface area contributed by atoms with E-state index < -0.39 is 34.8 Å². The Morgan fingerprint density at radius 3 is 1.13 bits per heavy atom. The molecule has 3 saturated heterocycles. The molecule has 0 atom stereocenters. The van der Waals surface area contributed by atoms with Gasteiger partial charge in [-0.2, -0.15) is 0 Å². The summed E-state index contributed by atoms with van der Waals surface area (Å²) >= 11 is 5.39. The van der Waals surface area contributed by atoms with Gasteiger partial charge in [-0.3, -0.25) is 53.4 Å². The predicted octanol–water partition coefficient (Wildman–Crippen LogP) is -0.130. The van der Waals surface area contributed by atoms with Gasteiger partial charge in [0.25, 0.3) is 17.7 Å². The molecule has 27 nitrogen and oxygen atoms in total. The van der Waals surface area contributed by atoms with Crippen LogP contribution in [0.15, 0.2) is 0 Å². The Hall–Kier alpha value is -6.64. The Morgan fingerprint density at radius 2 is 0.846 bits per heavy atom. The summed E-state index contributed by atoms with van der Waals surface area (Å²) in [7, 11) is 0. The molecule has 0 aliphatic carbocycles. The van der Waals surface area contributed by atoms with Gasteiger partial charge in [-0.1, -0.05) is 17.8 Å². The molecule has 3 fully saturated rings. The first kappa shape index (κ1) is 71.4. The number of rotatable bonds is 19. The first-order valence-electron chi connectivity index (χ1n) is 25.3. The average Bonchev–Trinajstić information content (AvgIpc) is 3.40. The summed E-state index contributed by atoms with van der Waals surface area (Å²) < 4.78 is 14.7. The quantitative estimate of drug-likeness (QED) is 0.0370. The summed E-state index contributed by atoms with van der Waals surface area (Å²) in [6.45, 7) is 24.2. The first-order valence-corrected chi connectivity index (χ1v) is 25.8. The maximum absolute atomic E-state index is 12.5. The van der Waals surface area contributed by atoms with Gasteiger partial charge >= 0.3 is 18.3 Å². The van der Waals surface area contributed by atoms with Gasteiger partial charge in [0.15, 0.2) is 0 Å². The zero-order valence-electron chi connectivity index (χ0n) is 46.8. The number of hydroxylamine groups is 3. The third-order valence-corrected chi connectivity index (χ3v) is 10.5. The van der Waals surface area contributed by atoms with Crippen LogP contribution in [0, 0.1) is 37.0 Å². The van der Waals surface area contributed by atoms with Crippen LogP contribution in [0.3, 0.4) is 0 Å². The molecule has 0 aromatic carbocycles. The van der Waals surface area contributed by atoms with Gasteiger partial charge in [-0.05, 0) is 62.3 Å². The Labute approximate surface area is 467 Å². The number of hydrogen-bond donors (Lipinski definition) is 5. The van der Waals surface area contributed by atoms with Crippen molar-refractivity contribution in [3.8, 4) is 37.0 Å².